The molecule has 3 nitrogen and oxygen atoms in total. The molecule has 0 aromatic rings. The number of hydrogen-bond acceptors (Lipinski definition) is 3. The van der Waals surface area contributed by atoms with Crippen molar-refractivity contribution in [2.24, 2.45) is 0 Å². The number of ether oxygens (including phenoxy) is 2. The van der Waals surface area contributed by atoms with Crippen LogP contribution in [0.5, 0.6) is 0 Å². The van der Waals surface area contributed by atoms with Crippen molar-refractivity contribution in [1.29, 1.82) is 0 Å². The molecule has 16 heavy (non-hydrogen) atoms. The van der Waals surface area contributed by atoms with Crippen molar-refractivity contribution in [2.75, 3.05) is 13.2 Å². The SMILES string of the molecule is CCCCCCC#CCCOC(=O)OCC. The fraction of sp³-hybridized carbons (Fsp3) is 0.769. The Morgan fingerprint density at radius 2 is 1.75 bits per heavy atom. The van der Waals surface area contributed by atoms with Gasteiger partial charge in [-0.25, -0.2) is 4.79 Å². The minimum atomic E-state index is -0.604. The summed E-state index contributed by atoms with van der Waals surface area (Å²) in [6, 6.07) is 0. The van der Waals surface area contributed by atoms with E-state index in [1.807, 2.05) is 0 Å². The van der Waals surface area contributed by atoms with E-state index in [9.17, 15) is 4.79 Å². The summed E-state index contributed by atoms with van der Waals surface area (Å²) in [6.07, 6.45) is 5.89. The summed E-state index contributed by atoms with van der Waals surface area (Å²) in [6.45, 7) is 4.61. The van der Waals surface area contributed by atoms with Gasteiger partial charge in [0.1, 0.15) is 6.61 Å². The first-order chi connectivity index (χ1) is 7.81. The molecular formula is C13H22O3. The number of carbonyl (C=O) groups is 1. The van der Waals surface area contributed by atoms with E-state index in [0.717, 1.165) is 6.42 Å². The van der Waals surface area contributed by atoms with Gasteiger partial charge in [-0.05, 0) is 13.3 Å². The van der Waals surface area contributed by atoms with Crippen LogP contribution in [0.25, 0.3) is 0 Å². The average molecular weight is 226 g/mol. The molecule has 0 bridgehead atoms. The first-order valence-corrected chi connectivity index (χ1v) is 6.06. The Balaban J connectivity index is 3.24. The monoisotopic (exact) mass is 226 g/mol. The molecule has 0 aliphatic rings. The van der Waals surface area contributed by atoms with Gasteiger partial charge in [0.15, 0.2) is 0 Å². The van der Waals surface area contributed by atoms with Crippen LogP contribution in [0.2, 0.25) is 0 Å². The maximum absolute atomic E-state index is 10.8. The van der Waals surface area contributed by atoms with Gasteiger partial charge in [0, 0.05) is 12.8 Å². The van der Waals surface area contributed by atoms with Gasteiger partial charge in [-0.3, -0.25) is 0 Å². The normalized spacial score (nSPS) is 9.12. The van der Waals surface area contributed by atoms with Crippen LogP contribution in [0.15, 0.2) is 0 Å². The number of hydrogen-bond donors (Lipinski definition) is 0. The summed E-state index contributed by atoms with van der Waals surface area (Å²) < 4.78 is 9.37. The van der Waals surface area contributed by atoms with E-state index in [1.165, 1.54) is 25.7 Å². The van der Waals surface area contributed by atoms with Crippen LogP contribution in [0.4, 0.5) is 4.79 Å². The lowest BCUT2D eigenvalue weighted by atomic mass is 10.1. The number of unbranched alkanes of at least 4 members (excludes halogenated alkanes) is 4. The van der Waals surface area contributed by atoms with Gasteiger partial charge < -0.3 is 9.47 Å². The standard InChI is InChI=1S/C13H22O3/c1-3-5-6-7-8-9-10-11-12-16-13(14)15-4-2/h3-8,11-12H2,1-2H3. The molecule has 0 fully saturated rings. The van der Waals surface area contributed by atoms with E-state index in [2.05, 4.69) is 23.5 Å². The molecule has 0 aliphatic carbocycles. The molecule has 0 amide bonds. The van der Waals surface area contributed by atoms with Gasteiger partial charge in [0.05, 0.1) is 6.61 Å². The minimum absolute atomic E-state index is 0.320. The van der Waals surface area contributed by atoms with Crippen LogP contribution in [-0.4, -0.2) is 19.4 Å². The van der Waals surface area contributed by atoms with Gasteiger partial charge in [-0.15, -0.1) is 5.92 Å². The van der Waals surface area contributed by atoms with Crippen LogP contribution in [0.1, 0.15) is 52.4 Å². The fourth-order valence-electron chi connectivity index (χ4n) is 1.16. The molecular weight excluding hydrogens is 204 g/mol. The average Bonchev–Trinajstić information content (AvgIpc) is 2.27. The van der Waals surface area contributed by atoms with Crippen molar-refractivity contribution in [3.8, 4) is 11.8 Å². The first kappa shape index (κ1) is 14.8. The van der Waals surface area contributed by atoms with E-state index in [4.69, 9.17) is 4.74 Å². The lowest BCUT2D eigenvalue weighted by Gasteiger charge is -2.00. The van der Waals surface area contributed by atoms with E-state index in [0.29, 0.717) is 19.6 Å². The zero-order valence-corrected chi connectivity index (χ0v) is 10.4. The van der Waals surface area contributed by atoms with Crippen molar-refractivity contribution in [2.45, 2.75) is 52.4 Å². The third kappa shape index (κ3) is 10.9. The third-order valence-corrected chi connectivity index (χ3v) is 1.99. The van der Waals surface area contributed by atoms with Crippen molar-refractivity contribution < 1.29 is 14.3 Å². The third-order valence-electron chi connectivity index (χ3n) is 1.99. The minimum Gasteiger partial charge on any atom is -0.435 e. The van der Waals surface area contributed by atoms with Crippen molar-refractivity contribution in [3.05, 3.63) is 0 Å². The Kier molecular flexibility index (Phi) is 11.0. The summed E-state index contributed by atoms with van der Waals surface area (Å²) in [5.41, 5.74) is 0. The first-order valence-electron chi connectivity index (χ1n) is 6.06. The largest absolute Gasteiger partial charge is 0.508 e. The Hall–Kier alpha value is -1.17. The number of rotatable bonds is 7. The smallest absolute Gasteiger partial charge is 0.435 e. The molecule has 0 saturated carbocycles. The van der Waals surface area contributed by atoms with Crippen LogP contribution >= 0.6 is 0 Å². The van der Waals surface area contributed by atoms with Gasteiger partial charge in [-0.2, -0.15) is 0 Å². The molecule has 0 N–H and O–H groups in total. The predicted molar refractivity (Wildman–Crippen MR) is 64.1 cm³/mol. The summed E-state index contributed by atoms with van der Waals surface area (Å²) >= 11 is 0. The van der Waals surface area contributed by atoms with Crippen molar-refractivity contribution in [3.63, 3.8) is 0 Å². The fourth-order valence-corrected chi connectivity index (χ4v) is 1.16. The van der Waals surface area contributed by atoms with Crippen molar-refractivity contribution in [1.82, 2.24) is 0 Å². The van der Waals surface area contributed by atoms with Crippen molar-refractivity contribution >= 4 is 6.16 Å². The highest BCUT2D eigenvalue weighted by Crippen LogP contribution is 2.00. The quantitative estimate of drug-likeness (QED) is 0.378. The molecule has 0 unspecified atom stereocenters. The van der Waals surface area contributed by atoms with Gasteiger partial charge in [0.25, 0.3) is 0 Å². The van der Waals surface area contributed by atoms with E-state index >= 15 is 0 Å². The second-order valence-electron chi connectivity index (χ2n) is 3.45. The maximum atomic E-state index is 10.8. The van der Waals surface area contributed by atoms with E-state index in [-0.39, 0.29) is 0 Å². The maximum Gasteiger partial charge on any atom is 0.508 e. The molecule has 0 heterocycles. The highest BCUT2D eigenvalue weighted by atomic mass is 16.7. The van der Waals surface area contributed by atoms with Gasteiger partial charge in [-0.1, -0.05) is 32.1 Å². The molecule has 0 saturated heterocycles. The Bertz CT molecular complexity index is 225. The Morgan fingerprint density at radius 3 is 2.44 bits per heavy atom. The van der Waals surface area contributed by atoms with E-state index in [1.54, 1.807) is 6.92 Å². The highest BCUT2D eigenvalue weighted by molar-refractivity contribution is 5.59. The molecule has 3 heteroatoms. The topological polar surface area (TPSA) is 35.5 Å². The van der Waals surface area contributed by atoms with Gasteiger partial charge >= 0.3 is 6.16 Å². The summed E-state index contributed by atoms with van der Waals surface area (Å²) in [5.74, 6) is 6.04. The second-order valence-corrected chi connectivity index (χ2v) is 3.45. The zero-order chi connectivity index (χ0) is 12.1. The van der Waals surface area contributed by atoms with Gasteiger partial charge in [0.2, 0.25) is 0 Å². The van der Waals surface area contributed by atoms with E-state index < -0.39 is 6.16 Å². The Labute approximate surface area is 98.5 Å². The molecule has 0 aromatic heterocycles. The predicted octanol–water partition coefficient (Wildman–Crippen LogP) is 3.52. The van der Waals surface area contributed by atoms with Crippen LogP contribution in [0.3, 0.4) is 0 Å². The molecule has 0 radical (unpaired) electrons. The van der Waals surface area contributed by atoms with Crippen LogP contribution in [-0.2, 0) is 9.47 Å². The lowest BCUT2D eigenvalue weighted by Crippen LogP contribution is -2.07. The summed E-state index contributed by atoms with van der Waals surface area (Å²) in [4.78, 5) is 10.8. The molecule has 0 aliphatic heterocycles. The lowest BCUT2D eigenvalue weighted by molar-refractivity contribution is 0.0607. The zero-order valence-electron chi connectivity index (χ0n) is 10.4. The van der Waals surface area contributed by atoms with Crippen LogP contribution < -0.4 is 0 Å². The number of carbonyl (C=O) groups excluding carboxylic acids is 1. The molecule has 0 aromatic carbocycles. The van der Waals surface area contributed by atoms with Crippen LogP contribution in [0, 0.1) is 11.8 Å². The molecule has 92 valence electrons. The molecule has 0 atom stereocenters. The Morgan fingerprint density at radius 1 is 1.00 bits per heavy atom. The summed E-state index contributed by atoms with van der Waals surface area (Å²) in [5, 5.41) is 0. The molecule has 0 spiro atoms. The second kappa shape index (κ2) is 11.9. The highest BCUT2D eigenvalue weighted by Gasteiger charge is 1.98. The molecule has 0 rings (SSSR count). The summed E-state index contributed by atoms with van der Waals surface area (Å²) in [7, 11) is 0.